The van der Waals surface area contributed by atoms with Crippen LogP contribution >= 0.6 is 11.6 Å². The zero-order valence-electron chi connectivity index (χ0n) is 16.3. The number of aromatic hydroxyl groups is 1. The Hall–Kier alpha value is -3.24. The van der Waals surface area contributed by atoms with E-state index in [0.717, 1.165) is 5.56 Å². The minimum absolute atomic E-state index is 0.0553. The third-order valence-corrected chi connectivity index (χ3v) is 5.53. The van der Waals surface area contributed by atoms with Gasteiger partial charge in [0.15, 0.2) is 0 Å². The smallest absolute Gasteiger partial charge is 0.407 e. The Kier molecular flexibility index (Phi) is 6.05. The molecule has 0 unspecified atom stereocenters. The molecule has 152 valence electrons. The van der Waals surface area contributed by atoms with Gasteiger partial charge in [-0.25, -0.2) is 4.79 Å². The number of rotatable bonds is 6. The van der Waals surface area contributed by atoms with E-state index in [9.17, 15) is 9.90 Å². The molecule has 3 aromatic rings. The largest absolute Gasteiger partial charge is 0.508 e. The van der Waals surface area contributed by atoms with Crippen LogP contribution in [0, 0.1) is 0 Å². The third-order valence-electron chi connectivity index (χ3n) is 5.21. The van der Waals surface area contributed by atoms with E-state index in [2.05, 4.69) is 29.6 Å². The number of phenolic OH excluding ortho intramolecular Hbond substituents is 1. The predicted molar refractivity (Wildman–Crippen MR) is 120 cm³/mol. The summed E-state index contributed by atoms with van der Waals surface area (Å²) in [7, 11) is 0. The molecule has 3 aromatic carbocycles. The summed E-state index contributed by atoms with van der Waals surface area (Å²) in [6.07, 6.45) is 4.00. The second kappa shape index (κ2) is 9.06. The number of carbonyl (C=O) groups excluding carboxylic acids is 1. The molecule has 4 rings (SSSR count). The van der Waals surface area contributed by atoms with Gasteiger partial charge in [-0.1, -0.05) is 72.3 Å². The highest BCUT2D eigenvalue weighted by atomic mass is 35.5. The van der Waals surface area contributed by atoms with Crippen molar-refractivity contribution in [1.82, 2.24) is 5.32 Å². The van der Waals surface area contributed by atoms with Crippen LogP contribution in [0.15, 0.2) is 72.8 Å². The number of ether oxygens (including phenoxy) is 1. The molecule has 0 radical (unpaired) electrons. The summed E-state index contributed by atoms with van der Waals surface area (Å²) in [4.78, 5) is 12.1. The molecule has 30 heavy (non-hydrogen) atoms. The Morgan fingerprint density at radius 3 is 2.37 bits per heavy atom. The molecule has 2 N–H and O–H groups in total. The maximum absolute atomic E-state index is 12.1. The van der Waals surface area contributed by atoms with Crippen LogP contribution in [0.3, 0.4) is 0 Å². The van der Waals surface area contributed by atoms with Crippen LogP contribution in [0.4, 0.5) is 4.79 Å². The molecule has 0 bridgehead atoms. The van der Waals surface area contributed by atoms with Gasteiger partial charge >= 0.3 is 6.09 Å². The van der Waals surface area contributed by atoms with Crippen LogP contribution in [0.25, 0.3) is 17.2 Å². The highest BCUT2D eigenvalue weighted by Crippen LogP contribution is 2.44. The fraction of sp³-hybridized carbons (Fsp3) is 0.160. The van der Waals surface area contributed by atoms with Crippen LogP contribution < -0.4 is 5.32 Å². The summed E-state index contributed by atoms with van der Waals surface area (Å²) in [6.45, 7) is 0.766. The molecule has 5 heteroatoms. The number of fused-ring (bicyclic) bond motifs is 3. The number of phenols is 1. The normalized spacial score (nSPS) is 12.6. The van der Waals surface area contributed by atoms with Gasteiger partial charge in [0.05, 0.1) is 5.02 Å². The Balaban J connectivity index is 1.28. The number of hydrogen-bond donors (Lipinski definition) is 2. The van der Waals surface area contributed by atoms with Crippen molar-refractivity contribution in [1.29, 1.82) is 0 Å². The van der Waals surface area contributed by atoms with Crippen molar-refractivity contribution in [2.24, 2.45) is 0 Å². The predicted octanol–water partition coefficient (Wildman–Crippen LogP) is 5.99. The topological polar surface area (TPSA) is 58.6 Å². The van der Waals surface area contributed by atoms with Gasteiger partial charge in [-0.05, 0) is 52.4 Å². The van der Waals surface area contributed by atoms with Crippen LogP contribution in [0.5, 0.6) is 5.75 Å². The third kappa shape index (κ3) is 4.34. The molecule has 0 heterocycles. The highest BCUT2D eigenvalue weighted by molar-refractivity contribution is 6.32. The Morgan fingerprint density at radius 1 is 1.03 bits per heavy atom. The first-order chi connectivity index (χ1) is 14.6. The first kappa shape index (κ1) is 20.0. The molecule has 0 atom stereocenters. The standard InChI is InChI=1S/C25H22ClNO3/c26-24-15-18(28)13-12-17(24)7-5-6-14-27-25(29)30-16-23-21-10-3-1-8-19(21)20-9-2-4-11-22(20)23/h1-5,7-13,15,23,28H,6,14,16H2,(H,27,29). The summed E-state index contributed by atoms with van der Waals surface area (Å²) in [5, 5.41) is 12.6. The second-order valence-corrected chi connectivity index (χ2v) is 7.56. The van der Waals surface area contributed by atoms with Gasteiger partial charge in [0.1, 0.15) is 12.4 Å². The SMILES string of the molecule is O=C(NCCC=Cc1ccc(O)cc1Cl)OCC1c2ccccc2-c2ccccc21. The Morgan fingerprint density at radius 2 is 1.70 bits per heavy atom. The average Bonchev–Trinajstić information content (AvgIpc) is 3.07. The quantitative estimate of drug-likeness (QED) is 0.482. The molecule has 0 fully saturated rings. The number of halogens is 1. The number of hydrogen-bond acceptors (Lipinski definition) is 3. The molecule has 4 nitrogen and oxygen atoms in total. The molecule has 0 aliphatic heterocycles. The summed E-state index contributed by atoms with van der Waals surface area (Å²) in [5.74, 6) is 0.189. The monoisotopic (exact) mass is 419 g/mol. The number of nitrogens with one attached hydrogen (secondary N) is 1. The molecule has 0 aromatic heterocycles. The van der Waals surface area contributed by atoms with Crippen molar-refractivity contribution in [3.05, 3.63) is 94.5 Å². The number of amides is 1. The molecule has 0 spiro atoms. The van der Waals surface area contributed by atoms with E-state index in [1.54, 1.807) is 12.1 Å². The van der Waals surface area contributed by atoms with Crippen molar-refractivity contribution >= 4 is 23.8 Å². The average molecular weight is 420 g/mol. The second-order valence-electron chi connectivity index (χ2n) is 7.15. The van der Waals surface area contributed by atoms with Gasteiger partial charge in [-0.15, -0.1) is 0 Å². The summed E-state index contributed by atoms with van der Waals surface area (Å²) >= 11 is 6.07. The Bertz CT molecular complexity index is 1050. The van der Waals surface area contributed by atoms with E-state index in [1.807, 2.05) is 36.4 Å². The summed E-state index contributed by atoms with van der Waals surface area (Å²) < 4.78 is 5.51. The molecule has 1 aliphatic carbocycles. The van der Waals surface area contributed by atoms with Crippen LogP contribution in [0.1, 0.15) is 29.0 Å². The lowest BCUT2D eigenvalue weighted by Crippen LogP contribution is -2.26. The van der Waals surface area contributed by atoms with Crippen molar-refractivity contribution in [2.75, 3.05) is 13.2 Å². The van der Waals surface area contributed by atoms with Gasteiger partial charge in [0.25, 0.3) is 0 Å². The van der Waals surface area contributed by atoms with Gasteiger partial charge < -0.3 is 15.2 Å². The van der Waals surface area contributed by atoms with Gasteiger partial charge in [0.2, 0.25) is 0 Å². The fourth-order valence-corrected chi connectivity index (χ4v) is 4.01. The van der Waals surface area contributed by atoms with Crippen molar-refractivity contribution in [3.8, 4) is 16.9 Å². The zero-order chi connectivity index (χ0) is 20.9. The lowest BCUT2D eigenvalue weighted by Gasteiger charge is -2.14. The van der Waals surface area contributed by atoms with Crippen LogP contribution in [-0.4, -0.2) is 24.4 Å². The molecule has 0 saturated heterocycles. The minimum Gasteiger partial charge on any atom is -0.508 e. The maximum Gasteiger partial charge on any atom is 0.407 e. The van der Waals surface area contributed by atoms with E-state index < -0.39 is 6.09 Å². The zero-order valence-corrected chi connectivity index (χ0v) is 17.1. The van der Waals surface area contributed by atoms with Crippen LogP contribution in [0.2, 0.25) is 5.02 Å². The van der Waals surface area contributed by atoms with E-state index >= 15 is 0 Å². The van der Waals surface area contributed by atoms with Crippen molar-refractivity contribution in [2.45, 2.75) is 12.3 Å². The molecular weight excluding hydrogens is 398 g/mol. The van der Waals surface area contributed by atoms with Crippen molar-refractivity contribution in [3.63, 3.8) is 0 Å². The molecule has 0 saturated carbocycles. The van der Waals surface area contributed by atoms with E-state index in [4.69, 9.17) is 16.3 Å². The Labute approximate surface area is 180 Å². The first-order valence-electron chi connectivity index (χ1n) is 9.87. The summed E-state index contributed by atoms with van der Waals surface area (Å²) in [6, 6.07) is 21.3. The minimum atomic E-state index is -0.423. The van der Waals surface area contributed by atoms with Crippen molar-refractivity contribution < 1.29 is 14.6 Å². The first-order valence-corrected chi connectivity index (χ1v) is 10.2. The number of carbonyl (C=O) groups is 1. The lowest BCUT2D eigenvalue weighted by molar-refractivity contribution is 0.143. The molecule has 1 aliphatic rings. The number of alkyl carbamates (subject to hydrolysis) is 1. The molecular formula is C25H22ClNO3. The lowest BCUT2D eigenvalue weighted by atomic mass is 9.98. The van der Waals surface area contributed by atoms with Crippen LogP contribution in [-0.2, 0) is 4.74 Å². The maximum atomic E-state index is 12.1. The van der Waals surface area contributed by atoms with Gasteiger partial charge in [-0.3, -0.25) is 0 Å². The number of benzene rings is 3. The van der Waals surface area contributed by atoms with E-state index in [1.165, 1.54) is 28.3 Å². The van der Waals surface area contributed by atoms with Gasteiger partial charge in [0, 0.05) is 12.5 Å². The highest BCUT2D eigenvalue weighted by Gasteiger charge is 2.28. The molecule has 1 amide bonds. The fourth-order valence-electron chi connectivity index (χ4n) is 3.77. The summed E-state index contributed by atoms with van der Waals surface area (Å²) in [5.41, 5.74) is 5.62. The van der Waals surface area contributed by atoms with E-state index in [-0.39, 0.29) is 11.7 Å². The van der Waals surface area contributed by atoms with E-state index in [0.29, 0.717) is 24.6 Å². The van der Waals surface area contributed by atoms with Gasteiger partial charge in [-0.2, -0.15) is 0 Å².